The first-order valence-corrected chi connectivity index (χ1v) is 6.67. The van der Waals surface area contributed by atoms with E-state index in [2.05, 4.69) is 31.2 Å². The second kappa shape index (κ2) is 5.97. The maximum Gasteiger partial charge on any atom is 0.224 e. The second-order valence-electron chi connectivity index (χ2n) is 3.93. The molecule has 0 unspecified atom stereocenters. The molecule has 0 saturated heterocycles. The third kappa shape index (κ3) is 3.20. The van der Waals surface area contributed by atoms with E-state index in [9.17, 15) is 4.39 Å². The highest BCUT2D eigenvalue weighted by molar-refractivity contribution is 9.10. The highest BCUT2D eigenvalue weighted by Crippen LogP contribution is 2.29. The lowest BCUT2D eigenvalue weighted by Crippen LogP contribution is -2.14. The Bertz CT molecular complexity index is 559. The summed E-state index contributed by atoms with van der Waals surface area (Å²) in [6.07, 6.45) is 1.69. The quantitative estimate of drug-likeness (QED) is 0.933. The number of rotatable bonds is 4. The molecule has 0 spiro atoms. The molecule has 2 aromatic rings. The first-order valence-electron chi connectivity index (χ1n) is 5.87. The molecule has 19 heavy (non-hydrogen) atoms. The molecule has 0 saturated carbocycles. The average Bonchev–Trinajstić information content (AvgIpc) is 2.41. The van der Waals surface area contributed by atoms with E-state index < -0.39 is 0 Å². The van der Waals surface area contributed by atoms with Crippen LogP contribution >= 0.6 is 15.9 Å². The lowest BCUT2D eigenvalue weighted by molar-refractivity contribution is 0.628. The molecule has 0 bridgehead atoms. The number of aromatic nitrogens is 2. The molecule has 4 nitrogen and oxygen atoms in total. The van der Waals surface area contributed by atoms with E-state index in [1.165, 1.54) is 12.1 Å². The zero-order valence-electron chi connectivity index (χ0n) is 10.7. The normalized spacial score (nSPS) is 10.3. The van der Waals surface area contributed by atoms with Crippen LogP contribution in [0.15, 0.2) is 34.9 Å². The van der Waals surface area contributed by atoms with Crippen LogP contribution in [-0.4, -0.2) is 23.6 Å². The van der Waals surface area contributed by atoms with Gasteiger partial charge in [0.2, 0.25) is 5.95 Å². The van der Waals surface area contributed by atoms with Crippen molar-refractivity contribution in [3.63, 3.8) is 0 Å². The van der Waals surface area contributed by atoms with Gasteiger partial charge in [0.05, 0.1) is 4.47 Å². The van der Waals surface area contributed by atoms with Gasteiger partial charge in [-0.15, -0.1) is 0 Å². The molecule has 6 heteroatoms. The number of hydrogen-bond acceptors (Lipinski definition) is 4. The van der Waals surface area contributed by atoms with E-state index >= 15 is 0 Å². The Kier molecular flexibility index (Phi) is 4.31. The van der Waals surface area contributed by atoms with Crippen LogP contribution in [0, 0.1) is 5.82 Å². The van der Waals surface area contributed by atoms with Gasteiger partial charge in [-0.25, -0.2) is 9.37 Å². The Balaban J connectivity index is 2.34. The van der Waals surface area contributed by atoms with Crippen molar-refractivity contribution in [3.8, 4) is 0 Å². The Morgan fingerprint density at radius 3 is 2.63 bits per heavy atom. The van der Waals surface area contributed by atoms with Crippen LogP contribution in [-0.2, 0) is 0 Å². The van der Waals surface area contributed by atoms with E-state index in [1.807, 2.05) is 18.9 Å². The van der Waals surface area contributed by atoms with Gasteiger partial charge in [-0.3, -0.25) is 0 Å². The first kappa shape index (κ1) is 13.7. The minimum atomic E-state index is -0.257. The third-order valence-electron chi connectivity index (χ3n) is 2.59. The number of hydrogen-bond donors (Lipinski definition) is 1. The van der Waals surface area contributed by atoms with E-state index in [-0.39, 0.29) is 5.82 Å². The van der Waals surface area contributed by atoms with Crippen molar-refractivity contribution >= 4 is 33.4 Å². The Morgan fingerprint density at radius 2 is 2.00 bits per heavy atom. The summed E-state index contributed by atoms with van der Waals surface area (Å²) in [6, 6.07) is 6.26. The minimum Gasteiger partial charge on any atom is -0.354 e. The van der Waals surface area contributed by atoms with Gasteiger partial charge >= 0.3 is 0 Å². The molecular weight excluding hydrogens is 311 g/mol. The van der Waals surface area contributed by atoms with Crippen molar-refractivity contribution in [2.45, 2.75) is 6.92 Å². The van der Waals surface area contributed by atoms with E-state index in [0.29, 0.717) is 5.95 Å². The summed E-state index contributed by atoms with van der Waals surface area (Å²) in [6.45, 7) is 2.73. The van der Waals surface area contributed by atoms with Crippen molar-refractivity contribution in [3.05, 3.63) is 40.8 Å². The van der Waals surface area contributed by atoms with Gasteiger partial charge in [0.25, 0.3) is 0 Å². The third-order valence-corrected chi connectivity index (χ3v) is 3.15. The van der Waals surface area contributed by atoms with Gasteiger partial charge in [-0.2, -0.15) is 4.98 Å². The van der Waals surface area contributed by atoms with Crippen LogP contribution in [0.25, 0.3) is 0 Å². The summed E-state index contributed by atoms with van der Waals surface area (Å²) in [4.78, 5) is 10.5. The van der Waals surface area contributed by atoms with Crippen LogP contribution < -0.4 is 10.2 Å². The smallest absolute Gasteiger partial charge is 0.224 e. The lowest BCUT2D eigenvalue weighted by Gasteiger charge is -2.20. The highest BCUT2D eigenvalue weighted by Gasteiger charge is 2.11. The molecule has 0 fully saturated rings. The van der Waals surface area contributed by atoms with Crippen LogP contribution in [0.1, 0.15) is 6.92 Å². The Hall–Kier alpha value is -1.69. The summed E-state index contributed by atoms with van der Waals surface area (Å²) in [5, 5.41) is 3.06. The molecule has 0 atom stereocenters. The highest BCUT2D eigenvalue weighted by atomic mass is 79.9. The molecule has 0 aliphatic heterocycles. The lowest BCUT2D eigenvalue weighted by atomic mass is 10.3. The van der Waals surface area contributed by atoms with E-state index in [0.717, 1.165) is 22.5 Å². The molecule has 2 rings (SSSR count). The zero-order valence-corrected chi connectivity index (χ0v) is 12.3. The topological polar surface area (TPSA) is 41.1 Å². The SMILES string of the molecule is CCNc1ncc(Br)c(N(C)c2ccc(F)cc2)n1. The predicted octanol–water partition coefficient (Wildman–Crippen LogP) is 3.58. The van der Waals surface area contributed by atoms with Gasteiger partial charge in [0.1, 0.15) is 5.82 Å². The van der Waals surface area contributed by atoms with Crippen LogP contribution in [0.5, 0.6) is 0 Å². The number of nitrogens with one attached hydrogen (secondary N) is 1. The molecule has 1 heterocycles. The molecule has 0 radical (unpaired) electrons. The molecule has 100 valence electrons. The number of nitrogens with zero attached hydrogens (tertiary/aromatic N) is 3. The maximum absolute atomic E-state index is 12.9. The first-order chi connectivity index (χ1) is 9.11. The van der Waals surface area contributed by atoms with Gasteiger partial charge in [-0.1, -0.05) is 0 Å². The van der Waals surface area contributed by atoms with Crippen molar-refractivity contribution in [1.82, 2.24) is 9.97 Å². The Labute approximate surface area is 119 Å². The van der Waals surface area contributed by atoms with E-state index in [4.69, 9.17) is 0 Å². The molecule has 0 amide bonds. The summed E-state index contributed by atoms with van der Waals surface area (Å²) < 4.78 is 13.7. The Morgan fingerprint density at radius 1 is 1.32 bits per heavy atom. The maximum atomic E-state index is 12.9. The monoisotopic (exact) mass is 324 g/mol. The van der Waals surface area contributed by atoms with Crippen LogP contribution in [0.2, 0.25) is 0 Å². The van der Waals surface area contributed by atoms with Crippen LogP contribution in [0.4, 0.5) is 21.8 Å². The molecule has 1 aromatic carbocycles. The molecule has 1 N–H and O–H groups in total. The largest absolute Gasteiger partial charge is 0.354 e. The average molecular weight is 325 g/mol. The molecule has 1 aromatic heterocycles. The number of halogens is 2. The van der Waals surface area contributed by atoms with Crippen molar-refractivity contribution in [2.24, 2.45) is 0 Å². The fraction of sp³-hybridized carbons (Fsp3) is 0.231. The fourth-order valence-electron chi connectivity index (χ4n) is 1.62. The summed E-state index contributed by atoms with van der Waals surface area (Å²) >= 11 is 3.43. The fourth-order valence-corrected chi connectivity index (χ4v) is 2.08. The predicted molar refractivity (Wildman–Crippen MR) is 78.4 cm³/mol. The van der Waals surface area contributed by atoms with Crippen molar-refractivity contribution in [2.75, 3.05) is 23.8 Å². The molecular formula is C13H14BrFN4. The number of benzene rings is 1. The standard InChI is InChI=1S/C13H14BrFN4/c1-3-16-13-17-8-11(14)12(18-13)19(2)10-6-4-9(15)5-7-10/h4-8H,3H2,1-2H3,(H,16,17,18). The number of anilines is 3. The van der Waals surface area contributed by atoms with Gasteiger partial charge in [0, 0.05) is 25.5 Å². The summed E-state index contributed by atoms with van der Waals surface area (Å²) in [5.41, 5.74) is 0.850. The summed E-state index contributed by atoms with van der Waals surface area (Å²) in [7, 11) is 1.87. The van der Waals surface area contributed by atoms with Gasteiger partial charge in [0.15, 0.2) is 5.82 Å². The zero-order chi connectivity index (χ0) is 13.8. The van der Waals surface area contributed by atoms with Crippen molar-refractivity contribution in [1.29, 1.82) is 0 Å². The minimum absolute atomic E-state index is 0.257. The van der Waals surface area contributed by atoms with Crippen molar-refractivity contribution < 1.29 is 4.39 Å². The summed E-state index contributed by atoms with van der Waals surface area (Å²) in [5.74, 6) is 1.03. The molecule has 0 aliphatic rings. The molecule has 0 aliphatic carbocycles. The van der Waals surface area contributed by atoms with Crippen LogP contribution in [0.3, 0.4) is 0 Å². The van der Waals surface area contributed by atoms with E-state index in [1.54, 1.807) is 18.3 Å². The van der Waals surface area contributed by atoms with Gasteiger partial charge in [-0.05, 0) is 47.1 Å². The second-order valence-corrected chi connectivity index (χ2v) is 4.79. The van der Waals surface area contributed by atoms with Gasteiger partial charge < -0.3 is 10.2 Å².